The van der Waals surface area contributed by atoms with Crippen molar-refractivity contribution in [2.45, 2.75) is 26.2 Å². The molecule has 41 heavy (non-hydrogen) atoms. The van der Waals surface area contributed by atoms with Gasteiger partial charge in [-0.15, -0.1) is 10.2 Å². The molecule has 0 aliphatic rings. The minimum atomic E-state index is 0.0158. The highest BCUT2D eigenvalue weighted by Crippen LogP contribution is 2.37. The first kappa shape index (κ1) is 23.6. The van der Waals surface area contributed by atoms with Gasteiger partial charge >= 0.3 is 0 Å². The van der Waals surface area contributed by atoms with Crippen LogP contribution in [0.15, 0.2) is 110 Å². The third-order valence-electron chi connectivity index (χ3n) is 7.96. The average molecular weight is 534 g/mol. The predicted molar refractivity (Wildman–Crippen MR) is 165 cm³/mol. The minimum Gasteiger partial charge on any atom is -0.457 e. The molecule has 6 nitrogen and oxygen atoms in total. The van der Waals surface area contributed by atoms with E-state index in [1.54, 1.807) is 6.33 Å². The summed E-state index contributed by atoms with van der Waals surface area (Å²) in [6.45, 7) is 6.68. The van der Waals surface area contributed by atoms with Gasteiger partial charge in [-0.1, -0.05) is 57.2 Å². The van der Waals surface area contributed by atoms with E-state index in [0.717, 1.165) is 61.1 Å². The smallest absolute Gasteiger partial charge is 0.169 e. The second kappa shape index (κ2) is 8.63. The number of nitrogens with zero attached hydrogens (tertiary/aromatic N) is 5. The number of hydrogen-bond donors (Lipinski definition) is 0. The highest BCUT2D eigenvalue weighted by molar-refractivity contribution is 6.12. The van der Waals surface area contributed by atoms with Crippen LogP contribution in [0.2, 0.25) is 0 Å². The van der Waals surface area contributed by atoms with Crippen LogP contribution in [-0.2, 0) is 5.41 Å². The monoisotopic (exact) mass is 533 g/mol. The minimum absolute atomic E-state index is 0.0158. The summed E-state index contributed by atoms with van der Waals surface area (Å²) in [6.07, 6.45) is 3.67. The lowest BCUT2D eigenvalue weighted by Crippen LogP contribution is -2.12. The zero-order valence-corrected chi connectivity index (χ0v) is 23.0. The Morgan fingerprint density at radius 3 is 2.12 bits per heavy atom. The molecule has 0 unspecified atom stereocenters. The molecule has 0 N–H and O–H groups in total. The lowest BCUT2D eigenvalue weighted by atomic mass is 9.88. The summed E-state index contributed by atoms with van der Waals surface area (Å²) >= 11 is 0. The fourth-order valence-corrected chi connectivity index (χ4v) is 5.92. The molecule has 0 saturated carbocycles. The molecule has 0 aliphatic carbocycles. The summed E-state index contributed by atoms with van der Waals surface area (Å²) < 4.78 is 10.8. The first-order chi connectivity index (χ1) is 20.0. The number of hydrogen-bond acceptors (Lipinski definition) is 4. The molecule has 4 aromatic carbocycles. The molecule has 198 valence electrons. The van der Waals surface area contributed by atoms with Gasteiger partial charge in [0.2, 0.25) is 0 Å². The van der Waals surface area contributed by atoms with Crippen LogP contribution in [0.3, 0.4) is 0 Å². The highest BCUT2D eigenvalue weighted by Gasteiger charge is 2.18. The van der Waals surface area contributed by atoms with E-state index in [1.807, 2.05) is 28.8 Å². The van der Waals surface area contributed by atoms with Crippen LogP contribution in [0.5, 0.6) is 11.5 Å². The Balaban J connectivity index is 1.29. The van der Waals surface area contributed by atoms with Crippen molar-refractivity contribution in [2.24, 2.45) is 0 Å². The number of ether oxygens (including phenoxy) is 1. The lowest BCUT2D eigenvalue weighted by Gasteiger charge is -2.20. The molecule has 0 radical (unpaired) electrons. The summed E-state index contributed by atoms with van der Waals surface area (Å²) in [5.74, 6) is 2.39. The van der Waals surface area contributed by atoms with Gasteiger partial charge in [-0.3, -0.25) is 8.97 Å². The van der Waals surface area contributed by atoms with Crippen LogP contribution in [0.1, 0.15) is 26.3 Å². The summed E-state index contributed by atoms with van der Waals surface area (Å²) in [5, 5.41) is 14.2. The predicted octanol–water partition coefficient (Wildman–Crippen LogP) is 8.62. The van der Waals surface area contributed by atoms with E-state index in [-0.39, 0.29) is 5.41 Å². The molecular weight excluding hydrogens is 506 g/mol. The van der Waals surface area contributed by atoms with Crippen molar-refractivity contribution in [1.82, 2.24) is 24.1 Å². The standard InChI is InChI=1S/C35H27N5O/c1-35(2,3)22-16-17-36-33(18-22)40-31-11-7-5-9-27(31)28-15-13-24(20-32(28)40)41-23-12-14-25-26-8-4-6-10-30(26)39-21-37-38-34(39)29(25)19-23/h4-21H,1-3H3. The van der Waals surface area contributed by atoms with Gasteiger partial charge in [0.25, 0.3) is 0 Å². The van der Waals surface area contributed by atoms with E-state index in [0.29, 0.717) is 0 Å². The maximum absolute atomic E-state index is 6.51. The summed E-state index contributed by atoms with van der Waals surface area (Å²) in [6, 6.07) is 33.6. The SMILES string of the molecule is CC(C)(C)c1ccnc(-n2c3ccccc3c3ccc(Oc4ccc5c6ccccc6n6cnnc6c5c4)cc32)c1. The summed E-state index contributed by atoms with van der Waals surface area (Å²) in [5.41, 5.74) is 5.31. The lowest BCUT2D eigenvalue weighted by molar-refractivity contribution is 0.484. The van der Waals surface area contributed by atoms with Crippen molar-refractivity contribution >= 4 is 49.1 Å². The van der Waals surface area contributed by atoms with Gasteiger partial charge in [0.1, 0.15) is 23.6 Å². The van der Waals surface area contributed by atoms with E-state index in [9.17, 15) is 0 Å². The number of pyridine rings is 2. The van der Waals surface area contributed by atoms with E-state index in [1.165, 1.54) is 10.9 Å². The third kappa shape index (κ3) is 3.68. The molecule has 0 amide bonds. The van der Waals surface area contributed by atoms with Crippen molar-refractivity contribution in [3.05, 3.63) is 115 Å². The quantitative estimate of drug-likeness (QED) is 0.213. The van der Waals surface area contributed by atoms with Crippen LogP contribution in [-0.4, -0.2) is 24.1 Å². The second-order valence-electron chi connectivity index (χ2n) is 11.5. The van der Waals surface area contributed by atoms with Crippen LogP contribution < -0.4 is 4.74 Å². The van der Waals surface area contributed by atoms with Gasteiger partial charge in [0.15, 0.2) is 5.65 Å². The van der Waals surface area contributed by atoms with Gasteiger partial charge in [-0.05, 0) is 71.0 Å². The van der Waals surface area contributed by atoms with Crippen molar-refractivity contribution < 1.29 is 4.74 Å². The van der Waals surface area contributed by atoms with E-state index in [2.05, 4.69) is 114 Å². The highest BCUT2D eigenvalue weighted by atomic mass is 16.5. The van der Waals surface area contributed by atoms with Crippen molar-refractivity contribution in [3.8, 4) is 17.3 Å². The van der Waals surface area contributed by atoms with Crippen molar-refractivity contribution in [2.75, 3.05) is 0 Å². The molecule has 0 fully saturated rings. The first-order valence-electron chi connectivity index (χ1n) is 13.8. The number of benzene rings is 4. The number of para-hydroxylation sites is 2. The molecule has 8 rings (SSSR count). The average Bonchev–Trinajstić information content (AvgIpc) is 3.60. The Kier molecular flexibility index (Phi) is 4.98. The maximum atomic E-state index is 6.51. The van der Waals surface area contributed by atoms with Gasteiger partial charge < -0.3 is 4.74 Å². The van der Waals surface area contributed by atoms with Gasteiger partial charge in [0.05, 0.1) is 16.6 Å². The molecule has 0 atom stereocenters. The molecule has 4 heterocycles. The Morgan fingerprint density at radius 2 is 1.32 bits per heavy atom. The van der Waals surface area contributed by atoms with E-state index >= 15 is 0 Å². The molecule has 8 aromatic rings. The van der Waals surface area contributed by atoms with E-state index in [4.69, 9.17) is 9.72 Å². The molecule has 0 bridgehead atoms. The van der Waals surface area contributed by atoms with Gasteiger partial charge in [-0.2, -0.15) is 0 Å². The van der Waals surface area contributed by atoms with Crippen LogP contribution >= 0.6 is 0 Å². The van der Waals surface area contributed by atoms with Crippen molar-refractivity contribution in [1.29, 1.82) is 0 Å². The van der Waals surface area contributed by atoms with Gasteiger partial charge in [-0.25, -0.2) is 4.98 Å². The van der Waals surface area contributed by atoms with Crippen LogP contribution in [0, 0.1) is 0 Å². The normalized spacial score (nSPS) is 12.3. The number of rotatable bonds is 3. The second-order valence-corrected chi connectivity index (χ2v) is 11.5. The summed E-state index contributed by atoms with van der Waals surface area (Å²) in [4.78, 5) is 4.80. The maximum Gasteiger partial charge on any atom is 0.169 e. The van der Waals surface area contributed by atoms with Crippen LogP contribution in [0.25, 0.3) is 54.9 Å². The Morgan fingerprint density at radius 1 is 0.634 bits per heavy atom. The molecule has 4 aromatic heterocycles. The van der Waals surface area contributed by atoms with Crippen LogP contribution in [0.4, 0.5) is 0 Å². The topological polar surface area (TPSA) is 57.2 Å². The van der Waals surface area contributed by atoms with E-state index < -0.39 is 0 Å². The van der Waals surface area contributed by atoms with Crippen molar-refractivity contribution in [3.63, 3.8) is 0 Å². The third-order valence-corrected chi connectivity index (χ3v) is 7.96. The zero-order chi connectivity index (χ0) is 27.7. The molecule has 0 spiro atoms. The Labute approximate surface area is 236 Å². The first-order valence-corrected chi connectivity index (χ1v) is 13.8. The fourth-order valence-electron chi connectivity index (χ4n) is 5.92. The zero-order valence-electron chi connectivity index (χ0n) is 23.0. The molecule has 6 heteroatoms. The molecule has 0 aliphatic heterocycles. The summed E-state index contributed by atoms with van der Waals surface area (Å²) in [7, 11) is 0. The van der Waals surface area contributed by atoms with Gasteiger partial charge in [0, 0.05) is 33.8 Å². The Bertz CT molecular complexity index is 2290. The number of fused-ring (bicyclic) bond motifs is 9. The fraction of sp³-hybridized carbons (Fsp3) is 0.114. The largest absolute Gasteiger partial charge is 0.457 e. The number of aromatic nitrogens is 5. The Hall–Kier alpha value is -5.23. The molecule has 0 saturated heterocycles. The molecular formula is C35H27N5O.